The van der Waals surface area contributed by atoms with Gasteiger partial charge in [-0.05, 0) is 36.1 Å². The predicted molar refractivity (Wildman–Crippen MR) is 61.0 cm³/mol. The van der Waals surface area contributed by atoms with E-state index in [9.17, 15) is 4.39 Å². The van der Waals surface area contributed by atoms with Crippen molar-refractivity contribution in [2.24, 2.45) is 0 Å². The van der Waals surface area contributed by atoms with Crippen molar-refractivity contribution in [3.05, 3.63) is 40.3 Å². The molecule has 2 rings (SSSR count). The highest BCUT2D eigenvalue weighted by molar-refractivity contribution is 7.10. The Bertz CT molecular complexity index is 476. The minimum atomic E-state index is -0.243. The molecule has 1 heterocycles. The van der Waals surface area contributed by atoms with Crippen LogP contribution in [0.15, 0.2) is 29.6 Å². The van der Waals surface area contributed by atoms with Gasteiger partial charge in [0.25, 0.3) is 0 Å². The molecule has 0 unspecified atom stereocenters. The fourth-order valence-electron chi connectivity index (χ4n) is 1.44. The smallest absolute Gasteiger partial charge is 0.134 e. The Morgan fingerprint density at radius 1 is 1.27 bits per heavy atom. The van der Waals surface area contributed by atoms with Crippen molar-refractivity contribution in [2.45, 2.75) is 6.92 Å². The number of hydrogen-bond acceptors (Lipinski definition) is 2. The number of hydrogen-bond donors (Lipinski definition) is 0. The molecule has 78 valence electrons. The van der Waals surface area contributed by atoms with Crippen molar-refractivity contribution >= 4 is 11.3 Å². The highest BCUT2D eigenvalue weighted by Crippen LogP contribution is 2.29. The zero-order chi connectivity index (χ0) is 10.8. The summed E-state index contributed by atoms with van der Waals surface area (Å²) in [6.45, 7) is 2.01. The van der Waals surface area contributed by atoms with Gasteiger partial charge in [-0.2, -0.15) is 0 Å². The van der Waals surface area contributed by atoms with Gasteiger partial charge in [-0.1, -0.05) is 0 Å². The molecule has 1 aromatic carbocycles. The fraction of sp³-hybridized carbons (Fsp3) is 0.167. The maximum absolute atomic E-state index is 13.7. The first-order valence-corrected chi connectivity index (χ1v) is 5.47. The van der Waals surface area contributed by atoms with Crippen molar-refractivity contribution in [3.8, 4) is 16.9 Å². The average Bonchev–Trinajstić information content (AvgIpc) is 2.64. The standard InChI is InChI=1S/C12H11FOS/c1-8-5-9(7-15-8)11-4-3-10(14-2)6-12(11)13/h3-7H,1-2H3. The molecule has 0 aliphatic rings. The summed E-state index contributed by atoms with van der Waals surface area (Å²) in [6, 6.07) is 6.90. The summed E-state index contributed by atoms with van der Waals surface area (Å²) in [5, 5.41) is 1.96. The monoisotopic (exact) mass is 222 g/mol. The van der Waals surface area contributed by atoms with E-state index in [1.807, 2.05) is 18.4 Å². The summed E-state index contributed by atoms with van der Waals surface area (Å²) in [4.78, 5) is 1.18. The van der Waals surface area contributed by atoms with Gasteiger partial charge in [0, 0.05) is 16.5 Å². The zero-order valence-electron chi connectivity index (χ0n) is 8.58. The molecule has 1 nitrogen and oxygen atoms in total. The van der Waals surface area contributed by atoms with Crippen molar-refractivity contribution < 1.29 is 9.13 Å². The minimum Gasteiger partial charge on any atom is -0.497 e. The molecule has 0 radical (unpaired) electrons. The molecule has 3 heteroatoms. The van der Waals surface area contributed by atoms with E-state index < -0.39 is 0 Å². The van der Waals surface area contributed by atoms with Gasteiger partial charge in [0.1, 0.15) is 11.6 Å². The van der Waals surface area contributed by atoms with Crippen molar-refractivity contribution in [1.29, 1.82) is 0 Å². The molecule has 0 saturated heterocycles. The third kappa shape index (κ3) is 2.02. The van der Waals surface area contributed by atoms with E-state index in [4.69, 9.17) is 4.74 Å². The van der Waals surface area contributed by atoms with Crippen molar-refractivity contribution in [2.75, 3.05) is 7.11 Å². The van der Waals surface area contributed by atoms with Crippen LogP contribution in [-0.4, -0.2) is 7.11 Å². The summed E-state index contributed by atoms with van der Waals surface area (Å²) in [6.07, 6.45) is 0. The van der Waals surface area contributed by atoms with Gasteiger partial charge in [0.15, 0.2) is 0 Å². The molecular weight excluding hydrogens is 211 g/mol. The molecular formula is C12H11FOS. The number of benzene rings is 1. The Balaban J connectivity index is 2.45. The van der Waals surface area contributed by atoms with E-state index in [1.54, 1.807) is 23.5 Å². The van der Waals surface area contributed by atoms with Crippen LogP contribution in [0.5, 0.6) is 5.75 Å². The summed E-state index contributed by atoms with van der Waals surface area (Å²) < 4.78 is 18.6. The van der Waals surface area contributed by atoms with Gasteiger partial charge < -0.3 is 4.74 Å². The van der Waals surface area contributed by atoms with E-state index in [0.717, 1.165) is 5.56 Å². The summed E-state index contributed by atoms with van der Waals surface area (Å²) in [5.41, 5.74) is 1.55. The summed E-state index contributed by atoms with van der Waals surface area (Å²) in [7, 11) is 1.53. The second-order valence-corrected chi connectivity index (χ2v) is 4.41. The maximum Gasteiger partial charge on any atom is 0.134 e. The molecule has 0 spiro atoms. The Hall–Kier alpha value is -1.35. The zero-order valence-corrected chi connectivity index (χ0v) is 9.40. The summed E-state index contributed by atoms with van der Waals surface area (Å²) in [5.74, 6) is 0.301. The van der Waals surface area contributed by atoms with Crippen LogP contribution in [0.1, 0.15) is 4.88 Å². The number of thiophene rings is 1. The minimum absolute atomic E-state index is 0.243. The van der Waals surface area contributed by atoms with E-state index in [1.165, 1.54) is 18.1 Å². The Morgan fingerprint density at radius 2 is 2.07 bits per heavy atom. The molecule has 0 bridgehead atoms. The lowest BCUT2D eigenvalue weighted by Gasteiger charge is -2.03. The molecule has 0 fully saturated rings. The molecule has 0 saturated carbocycles. The van der Waals surface area contributed by atoms with Gasteiger partial charge in [-0.15, -0.1) is 11.3 Å². The second kappa shape index (κ2) is 4.03. The van der Waals surface area contributed by atoms with E-state index in [2.05, 4.69) is 0 Å². The highest BCUT2D eigenvalue weighted by Gasteiger charge is 2.07. The third-order valence-electron chi connectivity index (χ3n) is 2.22. The molecule has 2 aromatic rings. The molecule has 15 heavy (non-hydrogen) atoms. The second-order valence-electron chi connectivity index (χ2n) is 3.29. The number of methoxy groups -OCH3 is 1. The Morgan fingerprint density at radius 3 is 2.60 bits per heavy atom. The SMILES string of the molecule is COc1ccc(-c2csc(C)c2)c(F)c1. The molecule has 0 amide bonds. The average molecular weight is 222 g/mol. The lowest BCUT2D eigenvalue weighted by molar-refractivity contribution is 0.411. The number of aryl methyl sites for hydroxylation is 1. The first-order valence-electron chi connectivity index (χ1n) is 4.60. The van der Waals surface area contributed by atoms with Crippen LogP contribution in [0, 0.1) is 12.7 Å². The van der Waals surface area contributed by atoms with Crippen LogP contribution in [0.4, 0.5) is 4.39 Å². The number of ether oxygens (including phenoxy) is 1. The third-order valence-corrected chi connectivity index (χ3v) is 3.08. The summed E-state index contributed by atoms with van der Waals surface area (Å²) >= 11 is 1.62. The Kier molecular flexibility index (Phi) is 2.73. The van der Waals surface area contributed by atoms with Gasteiger partial charge in [-0.25, -0.2) is 4.39 Å². The molecule has 1 aromatic heterocycles. The lowest BCUT2D eigenvalue weighted by Crippen LogP contribution is -1.86. The van der Waals surface area contributed by atoms with Crippen LogP contribution in [0.2, 0.25) is 0 Å². The largest absolute Gasteiger partial charge is 0.497 e. The normalized spacial score (nSPS) is 10.3. The molecule has 0 N–H and O–H groups in total. The topological polar surface area (TPSA) is 9.23 Å². The van der Waals surface area contributed by atoms with Gasteiger partial charge in [0.05, 0.1) is 7.11 Å². The quantitative estimate of drug-likeness (QED) is 0.749. The predicted octanol–water partition coefficient (Wildman–Crippen LogP) is 3.87. The maximum atomic E-state index is 13.7. The molecule has 0 aliphatic heterocycles. The van der Waals surface area contributed by atoms with Crippen LogP contribution >= 0.6 is 11.3 Å². The number of rotatable bonds is 2. The lowest BCUT2D eigenvalue weighted by atomic mass is 10.1. The van der Waals surface area contributed by atoms with Crippen LogP contribution in [0.25, 0.3) is 11.1 Å². The van der Waals surface area contributed by atoms with Crippen LogP contribution in [0.3, 0.4) is 0 Å². The Labute approximate surface area is 92.1 Å². The number of halogens is 1. The van der Waals surface area contributed by atoms with Crippen LogP contribution in [-0.2, 0) is 0 Å². The van der Waals surface area contributed by atoms with Gasteiger partial charge >= 0.3 is 0 Å². The van der Waals surface area contributed by atoms with Crippen LogP contribution < -0.4 is 4.74 Å². The fourth-order valence-corrected chi connectivity index (χ4v) is 2.14. The van der Waals surface area contributed by atoms with Crippen molar-refractivity contribution in [1.82, 2.24) is 0 Å². The molecule has 0 aliphatic carbocycles. The van der Waals surface area contributed by atoms with Gasteiger partial charge in [0.2, 0.25) is 0 Å². The van der Waals surface area contributed by atoms with E-state index >= 15 is 0 Å². The van der Waals surface area contributed by atoms with Crippen molar-refractivity contribution in [3.63, 3.8) is 0 Å². The van der Waals surface area contributed by atoms with E-state index in [-0.39, 0.29) is 5.82 Å². The van der Waals surface area contributed by atoms with E-state index in [0.29, 0.717) is 11.3 Å². The highest BCUT2D eigenvalue weighted by atomic mass is 32.1. The molecule has 0 atom stereocenters. The van der Waals surface area contributed by atoms with Gasteiger partial charge in [-0.3, -0.25) is 0 Å². The first kappa shape index (κ1) is 10.2. The first-order chi connectivity index (χ1) is 7.20.